The molecule has 0 aliphatic rings. The van der Waals surface area contributed by atoms with Crippen molar-refractivity contribution in [3.63, 3.8) is 0 Å². The van der Waals surface area contributed by atoms with Crippen LogP contribution < -0.4 is 10.0 Å². The summed E-state index contributed by atoms with van der Waals surface area (Å²) in [6.07, 6.45) is 0. The van der Waals surface area contributed by atoms with Crippen molar-refractivity contribution in [3.05, 3.63) is 34.7 Å². The fourth-order valence-corrected chi connectivity index (χ4v) is 2.67. The minimum Gasteiger partial charge on any atom is -0.372 e. The molecule has 0 saturated carbocycles. The number of sulfonamides is 1. The summed E-state index contributed by atoms with van der Waals surface area (Å²) in [6.45, 7) is 7.50. The van der Waals surface area contributed by atoms with Gasteiger partial charge in [-0.2, -0.15) is 5.26 Å². The van der Waals surface area contributed by atoms with Gasteiger partial charge in [0.2, 0.25) is 10.0 Å². The van der Waals surface area contributed by atoms with Gasteiger partial charge in [0.15, 0.2) is 4.91 Å². The van der Waals surface area contributed by atoms with E-state index in [1.807, 2.05) is 12.1 Å². The first-order valence-corrected chi connectivity index (χ1v) is 7.88. The Bertz CT molecular complexity index is 636. The third kappa shape index (κ3) is 3.59. The molecular formula is C14H19N3O2S. The van der Waals surface area contributed by atoms with Crippen molar-refractivity contribution in [1.82, 2.24) is 0 Å². The van der Waals surface area contributed by atoms with Gasteiger partial charge in [0.05, 0.1) is 0 Å². The van der Waals surface area contributed by atoms with E-state index in [1.165, 1.54) is 0 Å². The molecule has 0 saturated heterocycles. The van der Waals surface area contributed by atoms with E-state index < -0.39 is 14.9 Å². The molecule has 1 aromatic rings. The minimum atomic E-state index is -3.99. The molecule has 1 aromatic carbocycles. The summed E-state index contributed by atoms with van der Waals surface area (Å²) in [4.78, 5) is 1.78. The van der Waals surface area contributed by atoms with Gasteiger partial charge in [-0.25, -0.2) is 13.6 Å². The Labute approximate surface area is 120 Å². The Balaban J connectivity index is 3.24. The Hall–Kier alpha value is -1.84. The highest BCUT2D eigenvalue weighted by Crippen LogP contribution is 2.23. The highest BCUT2D eigenvalue weighted by atomic mass is 32.2. The SMILES string of the molecule is CCN(CC)c1ccc(/C(C)=C(\C#N)S(N)(=O)=O)cc1. The van der Waals surface area contributed by atoms with E-state index >= 15 is 0 Å². The first-order chi connectivity index (χ1) is 9.35. The molecule has 6 heteroatoms. The lowest BCUT2D eigenvalue weighted by atomic mass is 10.1. The maximum Gasteiger partial charge on any atom is 0.248 e. The number of benzene rings is 1. The fourth-order valence-electron chi connectivity index (χ4n) is 2.00. The zero-order chi connectivity index (χ0) is 15.3. The molecule has 0 amide bonds. The number of rotatable bonds is 5. The molecule has 1 rings (SSSR count). The zero-order valence-electron chi connectivity index (χ0n) is 11.9. The van der Waals surface area contributed by atoms with Crippen LogP contribution in [-0.4, -0.2) is 21.5 Å². The van der Waals surface area contributed by atoms with E-state index in [0.29, 0.717) is 11.1 Å². The summed E-state index contributed by atoms with van der Waals surface area (Å²) < 4.78 is 22.7. The number of hydrogen-bond donors (Lipinski definition) is 1. The van der Waals surface area contributed by atoms with Gasteiger partial charge in [-0.15, -0.1) is 0 Å². The number of nitrogens with zero attached hydrogens (tertiary/aromatic N) is 2. The Morgan fingerprint density at radius 2 is 1.75 bits per heavy atom. The molecule has 0 aliphatic carbocycles. The molecule has 0 bridgehead atoms. The van der Waals surface area contributed by atoms with Crippen LogP contribution in [0, 0.1) is 11.3 Å². The first kappa shape index (κ1) is 16.2. The topological polar surface area (TPSA) is 87.2 Å². The van der Waals surface area contributed by atoms with Gasteiger partial charge in [0.1, 0.15) is 6.07 Å². The molecule has 0 aliphatic heterocycles. The molecule has 0 aromatic heterocycles. The monoisotopic (exact) mass is 293 g/mol. The normalized spacial score (nSPS) is 12.6. The minimum absolute atomic E-state index is 0.362. The van der Waals surface area contributed by atoms with Crippen LogP contribution in [0.4, 0.5) is 5.69 Å². The zero-order valence-corrected chi connectivity index (χ0v) is 12.7. The lowest BCUT2D eigenvalue weighted by Gasteiger charge is -2.21. The van der Waals surface area contributed by atoms with Crippen LogP contribution in [0.25, 0.3) is 5.57 Å². The predicted octanol–water partition coefficient (Wildman–Crippen LogP) is 2.08. The maximum absolute atomic E-state index is 11.3. The van der Waals surface area contributed by atoms with Gasteiger partial charge >= 0.3 is 0 Å². The number of nitriles is 1. The molecule has 0 fully saturated rings. The number of nitrogens with two attached hydrogens (primary N) is 1. The predicted molar refractivity (Wildman–Crippen MR) is 81.3 cm³/mol. The van der Waals surface area contributed by atoms with Gasteiger partial charge in [-0.3, -0.25) is 0 Å². The third-order valence-corrected chi connectivity index (χ3v) is 4.12. The van der Waals surface area contributed by atoms with Gasteiger partial charge in [-0.1, -0.05) is 12.1 Å². The van der Waals surface area contributed by atoms with Crippen molar-refractivity contribution in [2.24, 2.45) is 5.14 Å². The summed E-state index contributed by atoms with van der Waals surface area (Å²) in [5.41, 5.74) is 2.09. The summed E-state index contributed by atoms with van der Waals surface area (Å²) >= 11 is 0. The Kier molecular flexibility index (Phi) is 5.31. The average Bonchev–Trinajstić information content (AvgIpc) is 2.40. The highest BCUT2D eigenvalue weighted by molar-refractivity contribution is 7.93. The smallest absolute Gasteiger partial charge is 0.248 e. The van der Waals surface area contributed by atoms with E-state index in [2.05, 4.69) is 18.7 Å². The summed E-state index contributed by atoms with van der Waals surface area (Å²) in [7, 11) is -3.99. The van der Waals surface area contributed by atoms with Gasteiger partial charge < -0.3 is 4.90 Å². The maximum atomic E-state index is 11.3. The van der Waals surface area contributed by atoms with Crippen LogP contribution in [0.3, 0.4) is 0 Å². The van der Waals surface area contributed by atoms with Crippen molar-refractivity contribution in [2.45, 2.75) is 20.8 Å². The second kappa shape index (κ2) is 6.55. The van der Waals surface area contributed by atoms with Crippen molar-refractivity contribution < 1.29 is 8.42 Å². The quantitative estimate of drug-likeness (QED) is 0.842. The van der Waals surface area contributed by atoms with E-state index in [1.54, 1.807) is 25.1 Å². The van der Waals surface area contributed by atoms with Gasteiger partial charge in [0, 0.05) is 18.8 Å². The second-order valence-corrected chi connectivity index (χ2v) is 5.83. The fraction of sp³-hybridized carbons (Fsp3) is 0.357. The van der Waals surface area contributed by atoms with Gasteiger partial charge in [-0.05, 0) is 44.0 Å². The largest absolute Gasteiger partial charge is 0.372 e. The molecule has 2 N–H and O–H groups in total. The lowest BCUT2D eigenvalue weighted by Crippen LogP contribution is -2.21. The van der Waals surface area contributed by atoms with E-state index in [4.69, 9.17) is 10.4 Å². The van der Waals surface area contributed by atoms with Crippen LogP contribution in [0.5, 0.6) is 0 Å². The molecule has 0 unspecified atom stereocenters. The molecule has 0 radical (unpaired) electrons. The summed E-state index contributed by atoms with van der Waals surface area (Å²) in [6, 6.07) is 9.06. The van der Waals surface area contributed by atoms with Crippen LogP contribution in [0.2, 0.25) is 0 Å². The number of hydrogen-bond acceptors (Lipinski definition) is 4. The summed E-state index contributed by atoms with van der Waals surface area (Å²) in [5, 5.41) is 14.0. The van der Waals surface area contributed by atoms with Crippen LogP contribution in [0.15, 0.2) is 29.2 Å². The highest BCUT2D eigenvalue weighted by Gasteiger charge is 2.16. The van der Waals surface area contributed by atoms with Crippen LogP contribution >= 0.6 is 0 Å². The number of primary sulfonamides is 1. The standard InChI is InChI=1S/C14H19N3O2S/c1-4-17(5-2)13-8-6-12(7-9-13)11(3)14(10-15)20(16,18)19/h6-9H,4-5H2,1-3H3,(H2,16,18,19)/b14-11+. The molecular weight excluding hydrogens is 274 g/mol. The first-order valence-electron chi connectivity index (χ1n) is 6.34. The number of anilines is 1. The van der Waals surface area contributed by atoms with Crippen LogP contribution in [0.1, 0.15) is 26.3 Å². The molecule has 20 heavy (non-hydrogen) atoms. The van der Waals surface area contributed by atoms with Crippen molar-refractivity contribution >= 4 is 21.3 Å². The Morgan fingerprint density at radius 1 is 1.25 bits per heavy atom. The molecule has 5 nitrogen and oxygen atoms in total. The van der Waals surface area contributed by atoms with E-state index in [-0.39, 0.29) is 0 Å². The van der Waals surface area contributed by atoms with Crippen molar-refractivity contribution in [2.75, 3.05) is 18.0 Å². The van der Waals surface area contributed by atoms with Crippen molar-refractivity contribution in [1.29, 1.82) is 5.26 Å². The van der Waals surface area contributed by atoms with Crippen molar-refractivity contribution in [3.8, 4) is 6.07 Å². The molecule has 0 atom stereocenters. The second-order valence-electron chi connectivity index (χ2n) is 4.33. The van der Waals surface area contributed by atoms with Gasteiger partial charge in [0.25, 0.3) is 0 Å². The molecule has 0 spiro atoms. The van der Waals surface area contributed by atoms with Crippen LogP contribution in [-0.2, 0) is 10.0 Å². The molecule has 0 heterocycles. The lowest BCUT2D eigenvalue weighted by molar-refractivity contribution is 0.605. The third-order valence-electron chi connectivity index (χ3n) is 3.16. The molecule has 108 valence electrons. The average molecular weight is 293 g/mol. The Morgan fingerprint density at radius 3 is 2.10 bits per heavy atom. The number of allylic oxidation sites excluding steroid dienone is 2. The van der Waals surface area contributed by atoms with E-state index in [0.717, 1.165) is 18.8 Å². The summed E-state index contributed by atoms with van der Waals surface area (Å²) in [5.74, 6) is 0. The van der Waals surface area contributed by atoms with E-state index in [9.17, 15) is 8.42 Å².